The molecule has 3 atom stereocenters. The van der Waals surface area contributed by atoms with E-state index in [0.29, 0.717) is 10.8 Å². The number of rotatable bonds is 3. The van der Waals surface area contributed by atoms with Crippen LogP contribution in [0, 0.1) is 11.7 Å². The van der Waals surface area contributed by atoms with Crippen molar-refractivity contribution in [3.05, 3.63) is 32.9 Å². The van der Waals surface area contributed by atoms with Crippen molar-refractivity contribution in [2.75, 3.05) is 13.2 Å². The molecular weight excluding hydrogens is 278 g/mol. The Labute approximate surface area is 111 Å². The zero-order valence-corrected chi connectivity index (χ0v) is 10.5. The van der Waals surface area contributed by atoms with Crippen LogP contribution in [0.1, 0.15) is 13.2 Å². The molecule has 0 amide bonds. The van der Waals surface area contributed by atoms with Crippen LogP contribution in [0.15, 0.2) is 15.8 Å². The average molecular weight is 292 g/mol. The van der Waals surface area contributed by atoms with Crippen molar-refractivity contribution in [3.63, 3.8) is 0 Å². The van der Waals surface area contributed by atoms with Gasteiger partial charge in [-0.05, 0) is 0 Å². The minimum atomic E-state index is -1.77. The summed E-state index contributed by atoms with van der Waals surface area (Å²) in [6.07, 6.45) is -2.77. The van der Waals surface area contributed by atoms with E-state index < -0.39 is 54.2 Å². The van der Waals surface area contributed by atoms with Crippen LogP contribution in [0.4, 0.5) is 8.78 Å². The number of aliphatic hydroxyl groups is 2. The fourth-order valence-electron chi connectivity index (χ4n) is 2.22. The number of nitrogens with zero attached hydrogens (tertiary/aromatic N) is 1. The quantitative estimate of drug-likeness (QED) is 0.656. The van der Waals surface area contributed by atoms with Crippen molar-refractivity contribution >= 4 is 0 Å². The Morgan fingerprint density at radius 3 is 2.55 bits per heavy atom. The minimum absolute atomic E-state index is 0.538. The first-order valence-electron chi connectivity index (χ1n) is 5.91. The summed E-state index contributed by atoms with van der Waals surface area (Å²) in [5.74, 6) is -2.19. The second-order valence-electron chi connectivity index (χ2n) is 4.77. The molecule has 112 valence electrons. The van der Waals surface area contributed by atoms with Gasteiger partial charge in [0.25, 0.3) is 5.56 Å². The van der Waals surface area contributed by atoms with Crippen LogP contribution in [-0.4, -0.2) is 44.8 Å². The van der Waals surface area contributed by atoms with Gasteiger partial charge in [0, 0.05) is 5.92 Å². The molecule has 0 aliphatic carbocycles. The number of alkyl halides is 1. The van der Waals surface area contributed by atoms with Crippen LogP contribution in [0.3, 0.4) is 0 Å². The summed E-state index contributed by atoms with van der Waals surface area (Å²) in [7, 11) is 0. The Bertz CT molecular complexity index is 610. The van der Waals surface area contributed by atoms with Gasteiger partial charge in [-0.25, -0.2) is 9.18 Å². The van der Waals surface area contributed by atoms with Gasteiger partial charge in [0.2, 0.25) is 5.82 Å². The molecule has 1 aromatic heterocycles. The van der Waals surface area contributed by atoms with Crippen molar-refractivity contribution in [1.29, 1.82) is 0 Å². The van der Waals surface area contributed by atoms with E-state index in [2.05, 4.69) is 0 Å². The highest BCUT2D eigenvalue weighted by Gasteiger charge is 2.53. The van der Waals surface area contributed by atoms with E-state index in [1.807, 2.05) is 0 Å². The molecule has 20 heavy (non-hydrogen) atoms. The summed E-state index contributed by atoms with van der Waals surface area (Å²) in [5.41, 5.74) is -3.83. The first kappa shape index (κ1) is 14.8. The number of H-pyrrole nitrogens is 1. The van der Waals surface area contributed by atoms with Crippen LogP contribution < -0.4 is 11.2 Å². The maximum atomic E-state index is 14.2. The molecule has 1 fully saturated rings. The van der Waals surface area contributed by atoms with Crippen LogP contribution in [0.25, 0.3) is 0 Å². The van der Waals surface area contributed by atoms with E-state index in [-0.39, 0.29) is 0 Å². The highest BCUT2D eigenvalue weighted by Crippen LogP contribution is 2.42. The van der Waals surface area contributed by atoms with Crippen LogP contribution in [0.2, 0.25) is 0 Å². The van der Waals surface area contributed by atoms with E-state index in [9.17, 15) is 28.6 Å². The maximum absolute atomic E-state index is 14.2. The predicted molar refractivity (Wildman–Crippen MR) is 62.4 cm³/mol. The summed E-state index contributed by atoms with van der Waals surface area (Å²) < 4.78 is 33.2. The van der Waals surface area contributed by atoms with Crippen molar-refractivity contribution in [1.82, 2.24) is 9.55 Å². The Hall–Kier alpha value is -1.58. The van der Waals surface area contributed by atoms with E-state index in [0.717, 1.165) is 0 Å². The highest BCUT2D eigenvalue weighted by molar-refractivity contribution is 5.00. The standard InChI is InChI=1S/C11H14F2N2O5/c1-5-7(13)9(20-11(5,3-16)4-17)15-2-6(12)8(18)14-10(15)19/h2,5,7,9,16-17H,3-4H2,1H3,(H,14,18,19)/t5-,7-,9+/m0/s1. The lowest BCUT2D eigenvalue weighted by molar-refractivity contribution is -0.136. The first-order valence-corrected chi connectivity index (χ1v) is 5.91. The van der Waals surface area contributed by atoms with Gasteiger partial charge in [0.05, 0.1) is 19.4 Å². The van der Waals surface area contributed by atoms with E-state index in [4.69, 9.17) is 4.74 Å². The largest absolute Gasteiger partial charge is 0.393 e. The van der Waals surface area contributed by atoms with Gasteiger partial charge in [-0.3, -0.25) is 14.3 Å². The molecule has 1 aromatic rings. The number of hydrogen-bond donors (Lipinski definition) is 3. The Kier molecular flexibility index (Phi) is 3.76. The predicted octanol–water partition coefficient (Wildman–Crippen LogP) is -1.10. The molecule has 0 bridgehead atoms. The van der Waals surface area contributed by atoms with Crippen LogP contribution >= 0.6 is 0 Å². The molecule has 3 N–H and O–H groups in total. The minimum Gasteiger partial charge on any atom is -0.393 e. The number of aliphatic hydroxyl groups excluding tert-OH is 2. The van der Waals surface area contributed by atoms with Gasteiger partial charge in [-0.1, -0.05) is 6.92 Å². The molecule has 9 heteroatoms. The zero-order chi connectivity index (χ0) is 15.1. The summed E-state index contributed by atoms with van der Waals surface area (Å²) in [4.78, 5) is 24.2. The first-order chi connectivity index (χ1) is 9.36. The molecule has 0 radical (unpaired) electrons. The third-order valence-corrected chi connectivity index (χ3v) is 3.67. The fourth-order valence-corrected chi connectivity index (χ4v) is 2.22. The van der Waals surface area contributed by atoms with Crippen molar-refractivity contribution in [3.8, 4) is 0 Å². The maximum Gasteiger partial charge on any atom is 0.330 e. The van der Waals surface area contributed by atoms with Gasteiger partial charge in [-0.15, -0.1) is 0 Å². The molecule has 1 aliphatic heterocycles. The summed E-state index contributed by atoms with van der Waals surface area (Å²) in [5, 5.41) is 18.5. The lowest BCUT2D eigenvalue weighted by Crippen LogP contribution is -2.43. The zero-order valence-electron chi connectivity index (χ0n) is 10.5. The second-order valence-corrected chi connectivity index (χ2v) is 4.77. The van der Waals surface area contributed by atoms with Crippen LogP contribution in [-0.2, 0) is 4.74 Å². The Morgan fingerprint density at radius 1 is 1.45 bits per heavy atom. The molecule has 7 nitrogen and oxygen atoms in total. The molecule has 1 aliphatic rings. The molecule has 0 spiro atoms. The highest BCUT2D eigenvalue weighted by atomic mass is 19.1. The molecule has 2 rings (SSSR count). The normalized spacial score (nSPS) is 28.8. The number of aromatic amines is 1. The smallest absolute Gasteiger partial charge is 0.330 e. The molecular formula is C11H14F2N2O5. The summed E-state index contributed by atoms with van der Waals surface area (Å²) >= 11 is 0. The molecule has 0 saturated carbocycles. The van der Waals surface area contributed by atoms with Gasteiger partial charge in [0.15, 0.2) is 12.4 Å². The Morgan fingerprint density at radius 2 is 2.05 bits per heavy atom. The third kappa shape index (κ3) is 2.07. The number of halogens is 2. The molecule has 0 aromatic carbocycles. The number of nitrogens with one attached hydrogen (secondary N) is 1. The third-order valence-electron chi connectivity index (χ3n) is 3.67. The van der Waals surface area contributed by atoms with E-state index >= 15 is 0 Å². The number of aromatic nitrogens is 2. The van der Waals surface area contributed by atoms with E-state index in [1.54, 1.807) is 4.98 Å². The van der Waals surface area contributed by atoms with Crippen LogP contribution in [0.5, 0.6) is 0 Å². The monoisotopic (exact) mass is 292 g/mol. The van der Waals surface area contributed by atoms with Crippen molar-refractivity contribution < 1.29 is 23.7 Å². The number of hydrogen-bond acceptors (Lipinski definition) is 5. The molecule has 0 unspecified atom stereocenters. The SMILES string of the molecule is C[C@H]1[C@H](F)[C@H](n2cc(F)c(=O)[nH]c2=O)OC1(CO)CO. The molecule has 2 heterocycles. The van der Waals surface area contributed by atoms with E-state index in [1.165, 1.54) is 6.92 Å². The van der Waals surface area contributed by atoms with Gasteiger partial charge < -0.3 is 14.9 Å². The average Bonchev–Trinajstić information content (AvgIpc) is 2.68. The lowest BCUT2D eigenvalue weighted by atomic mass is 9.89. The van der Waals surface area contributed by atoms with Gasteiger partial charge in [-0.2, -0.15) is 4.39 Å². The summed E-state index contributed by atoms with van der Waals surface area (Å²) in [6.45, 7) is 0.0640. The summed E-state index contributed by atoms with van der Waals surface area (Å²) in [6, 6.07) is 0. The number of ether oxygens (including phenoxy) is 1. The topological polar surface area (TPSA) is 105 Å². The Balaban J connectivity index is 2.47. The lowest BCUT2D eigenvalue weighted by Gasteiger charge is -2.28. The van der Waals surface area contributed by atoms with Crippen molar-refractivity contribution in [2.24, 2.45) is 5.92 Å². The second kappa shape index (κ2) is 5.08. The molecule has 1 saturated heterocycles. The van der Waals surface area contributed by atoms with Gasteiger partial charge in [0.1, 0.15) is 5.60 Å². The van der Waals surface area contributed by atoms with Gasteiger partial charge >= 0.3 is 5.69 Å². The fraction of sp³-hybridized carbons (Fsp3) is 0.636. The van der Waals surface area contributed by atoms with Crippen molar-refractivity contribution in [2.45, 2.75) is 24.9 Å².